The first-order valence-electron chi connectivity index (χ1n) is 5.94. The molecule has 0 atom stereocenters. The minimum atomic E-state index is -0.513. The number of nitrogen functional groups attached to an aromatic ring is 1. The van der Waals surface area contributed by atoms with Crippen LogP contribution in [0.5, 0.6) is 0 Å². The molecular formula is C13H21N3O2. The topological polar surface area (TPSA) is 81.6 Å². The maximum Gasteiger partial charge on any atom is 0.250 e. The fourth-order valence-corrected chi connectivity index (χ4v) is 1.55. The van der Waals surface area contributed by atoms with Crippen molar-refractivity contribution in [2.45, 2.75) is 20.0 Å². The number of carbonyl (C=O) groups is 1. The quantitative estimate of drug-likeness (QED) is 0.745. The van der Waals surface area contributed by atoms with Crippen LogP contribution in [0.4, 0.5) is 11.4 Å². The number of hydrogen-bond acceptors (Lipinski definition) is 4. The number of nitrogens with zero attached hydrogens (tertiary/aromatic N) is 1. The van der Waals surface area contributed by atoms with Crippen molar-refractivity contribution in [2.75, 3.05) is 30.8 Å². The molecule has 0 aliphatic carbocycles. The van der Waals surface area contributed by atoms with Crippen molar-refractivity contribution in [3.8, 4) is 0 Å². The lowest BCUT2D eigenvalue weighted by atomic mass is 10.1. The van der Waals surface area contributed by atoms with Crippen LogP contribution >= 0.6 is 0 Å². The second-order valence-electron chi connectivity index (χ2n) is 4.48. The first-order chi connectivity index (χ1) is 8.41. The Morgan fingerprint density at radius 1 is 1.44 bits per heavy atom. The minimum Gasteiger partial charge on any atom is -0.398 e. The van der Waals surface area contributed by atoms with Crippen molar-refractivity contribution in [3.63, 3.8) is 0 Å². The molecule has 1 rings (SSSR count). The van der Waals surface area contributed by atoms with Crippen LogP contribution in [0.2, 0.25) is 0 Å². The summed E-state index contributed by atoms with van der Waals surface area (Å²) in [6, 6.07) is 5.25. The molecule has 0 unspecified atom stereocenters. The maximum absolute atomic E-state index is 11.2. The summed E-state index contributed by atoms with van der Waals surface area (Å²) < 4.78 is 5.48. The zero-order valence-electron chi connectivity index (χ0n) is 11.1. The molecule has 5 nitrogen and oxygen atoms in total. The van der Waals surface area contributed by atoms with Crippen molar-refractivity contribution in [1.82, 2.24) is 0 Å². The van der Waals surface area contributed by atoms with E-state index in [0.29, 0.717) is 17.9 Å². The zero-order chi connectivity index (χ0) is 13.7. The third-order valence-electron chi connectivity index (χ3n) is 2.62. The van der Waals surface area contributed by atoms with Gasteiger partial charge in [-0.3, -0.25) is 4.79 Å². The highest BCUT2D eigenvalue weighted by Gasteiger charge is 2.09. The number of ether oxygens (including phenoxy) is 1. The molecule has 0 spiro atoms. The van der Waals surface area contributed by atoms with E-state index in [9.17, 15) is 4.79 Å². The van der Waals surface area contributed by atoms with Crippen molar-refractivity contribution in [2.24, 2.45) is 5.73 Å². The van der Waals surface area contributed by atoms with Crippen LogP contribution in [0.15, 0.2) is 18.2 Å². The first kappa shape index (κ1) is 14.3. The molecule has 0 aromatic heterocycles. The lowest BCUT2D eigenvalue weighted by Gasteiger charge is -2.21. The van der Waals surface area contributed by atoms with Crippen LogP contribution in [0.3, 0.4) is 0 Å². The van der Waals surface area contributed by atoms with Gasteiger partial charge in [0.2, 0.25) is 0 Å². The fraction of sp³-hybridized carbons (Fsp3) is 0.462. The molecular weight excluding hydrogens is 230 g/mol. The highest BCUT2D eigenvalue weighted by molar-refractivity contribution is 5.99. The molecule has 0 heterocycles. The summed E-state index contributed by atoms with van der Waals surface area (Å²) >= 11 is 0. The van der Waals surface area contributed by atoms with Crippen molar-refractivity contribution < 1.29 is 9.53 Å². The van der Waals surface area contributed by atoms with E-state index in [1.807, 2.05) is 31.9 Å². The predicted molar refractivity (Wildman–Crippen MR) is 73.7 cm³/mol. The zero-order valence-corrected chi connectivity index (χ0v) is 11.1. The number of rotatable bonds is 6. The molecule has 0 saturated heterocycles. The van der Waals surface area contributed by atoms with Crippen LogP contribution in [0.1, 0.15) is 24.2 Å². The van der Waals surface area contributed by atoms with Crippen LogP contribution < -0.4 is 16.4 Å². The third-order valence-corrected chi connectivity index (χ3v) is 2.62. The average molecular weight is 251 g/mol. The van der Waals surface area contributed by atoms with Gasteiger partial charge < -0.3 is 21.1 Å². The first-order valence-corrected chi connectivity index (χ1v) is 5.94. The lowest BCUT2D eigenvalue weighted by molar-refractivity contribution is 0.0846. The van der Waals surface area contributed by atoms with Gasteiger partial charge in [-0.2, -0.15) is 0 Å². The Labute approximate surface area is 108 Å². The number of hydrogen-bond donors (Lipinski definition) is 2. The smallest absolute Gasteiger partial charge is 0.250 e. The van der Waals surface area contributed by atoms with Gasteiger partial charge in [0.1, 0.15) is 0 Å². The molecule has 5 heteroatoms. The van der Waals surface area contributed by atoms with Crippen LogP contribution in [-0.2, 0) is 4.74 Å². The lowest BCUT2D eigenvalue weighted by Crippen LogP contribution is -2.24. The molecule has 0 fully saturated rings. The number of benzene rings is 1. The van der Waals surface area contributed by atoms with Gasteiger partial charge in [0, 0.05) is 25.0 Å². The third kappa shape index (κ3) is 3.92. The van der Waals surface area contributed by atoms with Gasteiger partial charge in [-0.1, -0.05) is 0 Å². The van der Waals surface area contributed by atoms with Crippen LogP contribution in [-0.4, -0.2) is 32.2 Å². The molecule has 4 N–H and O–H groups in total. The van der Waals surface area contributed by atoms with E-state index in [4.69, 9.17) is 16.2 Å². The molecule has 0 aliphatic heterocycles. The standard InChI is InChI=1S/C13H21N3O2/c1-9(2)18-7-6-16(3)10-4-5-12(14)11(8-10)13(15)17/h4-5,8-9H,6-7,14H2,1-3H3,(H2,15,17). The average Bonchev–Trinajstić information content (AvgIpc) is 2.28. The van der Waals surface area contributed by atoms with Crippen molar-refractivity contribution in [1.29, 1.82) is 0 Å². The second-order valence-corrected chi connectivity index (χ2v) is 4.48. The minimum absolute atomic E-state index is 0.214. The summed E-state index contributed by atoms with van der Waals surface area (Å²) in [4.78, 5) is 13.2. The number of anilines is 2. The summed E-state index contributed by atoms with van der Waals surface area (Å²) in [5.74, 6) is -0.513. The number of nitrogens with two attached hydrogens (primary N) is 2. The summed E-state index contributed by atoms with van der Waals surface area (Å²) in [5.41, 5.74) is 12.6. The summed E-state index contributed by atoms with van der Waals surface area (Å²) in [6.45, 7) is 5.35. The van der Waals surface area contributed by atoms with Gasteiger partial charge in [0.05, 0.1) is 18.3 Å². The van der Waals surface area contributed by atoms with Crippen molar-refractivity contribution >= 4 is 17.3 Å². The fourth-order valence-electron chi connectivity index (χ4n) is 1.55. The molecule has 1 aromatic rings. The van der Waals surface area contributed by atoms with E-state index in [2.05, 4.69) is 0 Å². The second kappa shape index (κ2) is 6.26. The number of primary amides is 1. The van der Waals surface area contributed by atoms with Gasteiger partial charge in [-0.25, -0.2) is 0 Å². The Balaban J connectivity index is 2.71. The van der Waals surface area contributed by atoms with Gasteiger partial charge in [0.25, 0.3) is 5.91 Å². The highest BCUT2D eigenvalue weighted by Crippen LogP contribution is 2.20. The van der Waals surface area contributed by atoms with Crippen LogP contribution in [0.25, 0.3) is 0 Å². The Kier molecular flexibility index (Phi) is 4.97. The summed E-state index contributed by atoms with van der Waals surface area (Å²) in [6.07, 6.45) is 0.214. The van der Waals surface area contributed by atoms with Gasteiger partial charge in [0.15, 0.2) is 0 Å². The Bertz CT molecular complexity index is 419. The van der Waals surface area contributed by atoms with E-state index in [1.54, 1.807) is 12.1 Å². The van der Waals surface area contributed by atoms with Crippen molar-refractivity contribution in [3.05, 3.63) is 23.8 Å². The number of amides is 1. The normalized spacial score (nSPS) is 10.7. The predicted octanol–water partition coefficient (Wildman–Crippen LogP) is 1.23. The van der Waals surface area contributed by atoms with E-state index in [1.165, 1.54) is 0 Å². The molecule has 0 saturated carbocycles. The number of carbonyl (C=O) groups excluding carboxylic acids is 1. The molecule has 0 bridgehead atoms. The Hall–Kier alpha value is -1.75. The summed E-state index contributed by atoms with van der Waals surface area (Å²) in [7, 11) is 1.93. The maximum atomic E-state index is 11.2. The molecule has 18 heavy (non-hydrogen) atoms. The Morgan fingerprint density at radius 3 is 2.67 bits per heavy atom. The van der Waals surface area contributed by atoms with E-state index in [0.717, 1.165) is 12.2 Å². The monoisotopic (exact) mass is 251 g/mol. The van der Waals surface area contributed by atoms with E-state index >= 15 is 0 Å². The Morgan fingerprint density at radius 2 is 2.11 bits per heavy atom. The largest absolute Gasteiger partial charge is 0.398 e. The molecule has 0 radical (unpaired) electrons. The SMILES string of the molecule is CC(C)OCCN(C)c1ccc(N)c(C(N)=O)c1. The van der Waals surface area contributed by atoms with Crippen LogP contribution in [0, 0.1) is 0 Å². The van der Waals surface area contributed by atoms with Gasteiger partial charge in [-0.15, -0.1) is 0 Å². The molecule has 1 amide bonds. The number of likely N-dealkylation sites (N-methyl/N-ethyl adjacent to an activating group) is 1. The van der Waals surface area contributed by atoms with E-state index < -0.39 is 5.91 Å². The molecule has 1 aromatic carbocycles. The van der Waals surface area contributed by atoms with Gasteiger partial charge >= 0.3 is 0 Å². The highest BCUT2D eigenvalue weighted by atomic mass is 16.5. The molecule has 100 valence electrons. The molecule has 0 aliphatic rings. The van der Waals surface area contributed by atoms with Gasteiger partial charge in [-0.05, 0) is 32.0 Å². The van der Waals surface area contributed by atoms with E-state index in [-0.39, 0.29) is 6.10 Å². The summed E-state index contributed by atoms with van der Waals surface area (Å²) in [5, 5.41) is 0.